The van der Waals surface area contributed by atoms with Crippen LogP contribution in [-0.2, 0) is 6.54 Å². The van der Waals surface area contributed by atoms with E-state index < -0.39 is 0 Å². The van der Waals surface area contributed by atoms with Crippen LogP contribution in [0.4, 0.5) is 11.8 Å². The molecule has 0 saturated heterocycles. The Morgan fingerprint density at radius 3 is 3.00 bits per heavy atom. The van der Waals surface area contributed by atoms with Gasteiger partial charge in [-0.25, -0.2) is 10.8 Å². The van der Waals surface area contributed by atoms with Gasteiger partial charge in [-0.05, 0) is 0 Å². The molecule has 0 aliphatic heterocycles. The van der Waals surface area contributed by atoms with Crippen molar-refractivity contribution < 1.29 is 4.52 Å². The summed E-state index contributed by atoms with van der Waals surface area (Å²) < 4.78 is 4.58. The predicted octanol–water partition coefficient (Wildman–Crippen LogP) is 0.411. The van der Waals surface area contributed by atoms with E-state index in [0.717, 1.165) is 0 Å². The van der Waals surface area contributed by atoms with Gasteiger partial charge in [-0.15, -0.1) is 0 Å². The smallest absolute Gasteiger partial charge is 0.239 e. The van der Waals surface area contributed by atoms with E-state index in [9.17, 15) is 0 Å². The average Bonchev–Trinajstić information content (AvgIpc) is 2.81. The highest BCUT2D eigenvalue weighted by atomic mass is 35.5. The Morgan fingerprint density at radius 1 is 1.44 bits per heavy atom. The van der Waals surface area contributed by atoms with Crippen LogP contribution in [0.5, 0.6) is 0 Å². The van der Waals surface area contributed by atoms with Crippen LogP contribution < -0.4 is 16.6 Å². The maximum Gasteiger partial charge on any atom is 0.239 e. The minimum Gasteiger partial charge on any atom is -0.361 e. The maximum atomic E-state index is 5.87. The van der Waals surface area contributed by atoms with Crippen LogP contribution in [-0.4, -0.2) is 20.1 Å². The lowest BCUT2D eigenvalue weighted by Gasteiger charge is -2.06. The topological polar surface area (TPSA) is 115 Å². The van der Waals surface area contributed by atoms with Gasteiger partial charge in [-0.1, -0.05) is 16.8 Å². The van der Waals surface area contributed by atoms with Crippen LogP contribution in [0.2, 0.25) is 5.02 Å². The zero-order chi connectivity index (χ0) is 11.4. The maximum absolute atomic E-state index is 5.87. The molecule has 2 aromatic rings. The molecule has 2 aromatic heterocycles. The van der Waals surface area contributed by atoms with Crippen LogP contribution in [0.25, 0.3) is 0 Å². The molecule has 9 heteroatoms. The summed E-state index contributed by atoms with van der Waals surface area (Å²) in [5.74, 6) is 6.37. The van der Waals surface area contributed by atoms with Gasteiger partial charge in [0.25, 0.3) is 0 Å². The Bertz CT molecular complexity index is 460. The van der Waals surface area contributed by atoms with Crippen molar-refractivity contribution in [1.82, 2.24) is 20.1 Å². The zero-order valence-corrected chi connectivity index (χ0v) is 8.77. The fourth-order valence-electron chi connectivity index (χ4n) is 0.994. The van der Waals surface area contributed by atoms with Gasteiger partial charge in [0.15, 0.2) is 11.6 Å². The summed E-state index contributed by atoms with van der Waals surface area (Å²) in [6.45, 7) is 0.344. The standard InChI is InChI=1S/C7H8ClN7O/c8-4-1-11-7(14-9)13-6(4)10-2-5-12-3-16-15-5/h1,3H,2,9H2,(H2,10,11,13,14). The van der Waals surface area contributed by atoms with E-state index in [1.165, 1.54) is 12.6 Å². The molecule has 0 radical (unpaired) electrons. The predicted molar refractivity (Wildman–Crippen MR) is 56.5 cm³/mol. The van der Waals surface area contributed by atoms with Crippen molar-refractivity contribution in [2.75, 3.05) is 10.7 Å². The van der Waals surface area contributed by atoms with Crippen LogP contribution in [0, 0.1) is 0 Å². The number of nitrogens with zero attached hydrogens (tertiary/aromatic N) is 4. The normalized spacial score (nSPS) is 10.1. The second-order valence-corrected chi connectivity index (χ2v) is 3.14. The third-order valence-electron chi connectivity index (χ3n) is 1.69. The highest BCUT2D eigenvalue weighted by Crippen LogP contribution is 2.19. The van der Waals surface area contributed by atoms with E-state index in [0.29, 0.717) is 23.2 Å². The number of halogens is 1. The third-order valence-corrected chi connectivity index (χ3v) is 1.97. The molecule has 0 fully saturated rings. The molecule has 4 N–H and O–H groups in total. The summed E-state index contributed by atoms with van der Waals surface area (Å²) in [6, 6.07) is 0. The minimum absolute atomic E-state index is 0.264. The first-order valence-electron chi connectivity index (χ1n) is 4.28. The molecule has 0 aliphatic rings. The number of hydrazine groups is 1. The first kappa shape index (κ1) is 10.6. The van der Waals surface area contributed by atoms with Gasteiger partial charge >= 0.3 is 0 Å². The highest BCUT2D eigenvalue weighted by Gasteiger charge is 2.05. The Kier molecular flexibility index (Phi) is 3.13. The Morgan fingerprint density at radius 2 is 2.31 bits per heavy atom. The van der Waals surface area contributed by atoms with Gasteiger partial charge in [0.2, 0.25) is 12.3 Å². The summed E-state index contributed by atoms with van der Waals surface area (Å²) in [4.78, 5) is 11.7. The molecule has 2 heterocycles. The van der Waals surface area contributed by atoms with Gasteiger partial charge in [-0.3, -0.25) is 5.43 Å². The second kappa shape index (κ2) is 4.73. The van der Waals surface area contributed by atoms with E-state index in [2.05, 4.69) is 35.4 Å². The van der Waals surface area contributed by atoms with E-state index in [1.54, 1.807) is 0 Å². The summed E-state index contributed by atoms with van der Waals surface area (Å²) in [5, 5.41) is 6.93. The SMILES string of the molecule is NNc1ncc(Cl)c(NCc2ncon2)n1. The van der Waals surface area contributed by atoms with Crippen LogP contribution >= 0.6 is 11.6 Å². The Balaban J connectivity index is 2.08. The molecular formula is C7H8ClN7O. The molecule has 8 nitrogen and oxygen atoms in total. The molecule has 16 heavy (non-hydrogen) atoms. The van der Waals surface area contributed by atoms with E-state index >= 15 is 0 Å². The van der Waals surface area contributed by atoms with Gasteiger partial charge in [0, 0.05) is 0 Å². The molecule has 0 unspecified atom stereocenters. The van der Waals surface area contributed by atoms with Crippen LogP contribution in [0.15, 0.2) is 17.1 Å². The number of aromatic nitrogens is 4. The fourth-order valence-corrected chi connectivity index (χ4v) is 1.15. The summed E-state index contributed by atoms with van der Waals surface area (Å²) in [7, 11) is 0. The quantitative estimate of drug-likeness (QED) is 0.521. The summed E-state index contributed by atoms with van der Waals surface area (Å²) in [6.07, 6.45) is 2.67. The fraction of sp³-hybridized carbons (Fsp3) is 0.143. The molecule has 0 amide bonds. The molecule has 0 aliphatic carbocycles. The molecule has 0 atom stereocenters. The summed E-state index contributed by atoms with van der Waals surface area (Å²) in [5.41, 5.74) is 2.32. The summed E-state index contributed by atoms with van der Waals surface area (Å²) >= 11 is 5.87. The number of rotatable bonds is 4. The molecule has 84 valence electrons. The van der Waals surface area contributed by atoms with E-state index in [-0.39, 0.29) is 5.95 Å². The van der Waals surface area contributed by atoms with Crippen molar-refractivity contribution in [3.05, 3.63) is 23.4 Å². The third kappa shape index (κ3) is 2.35. The Hall–Kier alpha value is -1.93. The van der Waals surface area contributed by atoms with Crippen molar-refractivity contribution in [3.63, 3.8) is 0 Å². The van der Waals surface area contributed by atoms with Crippen molar-refractivity contribution in [2.24, 2.45) is 5.84 Å². The zero-order valence-electron chi connectivity index (χ0n) is 8.01. The first-order chi connectivity index (χ1) is 7.79. The molecule has 0 spiro atoms. The number of nitrogen functional groups attached to an aromatic ring is 1. The average molecular weight is 242 g/mol. The lowest BCUT2D eigenvalue weighted by Crippen LogP contribution is -2.12. The van der Waals surface area contributed by atoms with Crippen molar-refractivity contribution in [3.8, 4) is 0 Å². The van der Waals surface area contributed by atoms with Gasteiger partial charge < -0.3 is 9.84 Å². The largest absolute Gasteiger partial charge is 0.361 e. The van der Waals surface area contributed by atoms with Crippen molar-refractivity contribution >= 4 is 23.4 Å². The van der Waals surface area contributed by atoms with E-state index in [1.807, 2.05) is 0 Å². The van der Waals surface area contributed by atoms with Gasteiger partial charge in [0.1, 0.15) is 5.02 Å². The minimum atomic E-state index is 0.264. The van der Waals surface area contributed by atoms with Gasteiger partial charge in [-0.2, -0.15) is 9.97 Å². The monoisotopic (exact) mass is 241 g/mol. The second-order valence-electron chi connectivity index (χ2n) is 2.74. The number of nitrogens with two attached hydrogens (primary N) is 1. The Labute approximate surface area is 95.2 Å². The van der Waals surface area contributed by atoms with Crippen molar-refractivity contribution in [2.45, 2.75) is 6.54 Å². The molecular weight excluding hydrogens is 234 g/mol. The number of hydrogen-bond donors (Lipinski definition) is 3. The molecule has 0 aromatic carbocycles. The van der Waals surface area contributed by atoms with Gasteiger partial charge in [0.05, 0.1) is 12.7 Å². The first-order valence-corrected chi connectivity index (χ1v) is 4.65. The lowest BCUT2D eigenvalue weighted by atomic mass is 10.5. The van der Waals surface area contributed by atoms with Crippen LogP contribution in [0.1, 0.15) is 5.82 Å². The number of hydrogen-bond acceptors (Lipinski definition) is 8. The van der Waals surface area contributed by atoms with Crippen molar-refractivity contribution in [1.29, 1.82) is 0 Å². The lowest BCUT2D eigenvalue weighted by molar-refractivity contribution is 0.411. The molecule has 0 saturated carbocycles. The number of anilines is 2. The number of nitrogens with one attached hydrogen (secondary N) is 2. The molecule has 2 rings (SSSR count). The van der Waals surface area contributed by atoms with Crippen LogP contribution in [0.3, 0.4) is 0 Å². The molecule has 0 bridgehead atoms. The van der Waals surface area contributed by atoms with E-state index in [4.69, 9.17) is 17.4 Å². The highest BCUT2D eigenvalue weighted by molar-refractivity contribution is 6.32.